The molecule has 0 spiro atoms. The van der Waals surface area contributed by atoms with E-state index in [9.17, 15) is 0 Å². The summed E-state index contributed by atoms with van der Waals surface area (Å²) >= 11 is 0. The minimum Gasteiger partial charge on any atom is -0.362 e. The molecule has 0 amide bonds. The Hall–Kier alpha value is -0.700. The van der Waals surface area contributed by atoms with Crippen molar-refractivity contribution in [2.75, 3.05) is 26.8 Å². The van der Waals surface area contributed by atoms with Crippen molar-refractivity contribution in [2.24, 2.45) is 0 Å². The Balaban J connectivity index is 2.31. The lowest BCUT2D eigenvalue weighted by molar-refractivity contribution is 0.152. The van der Waals surface area contributed by atoms with Crippen molar-refractivity contribution in [3.05, 3.63) is 12.4 Å². The molecule has 0 N–H and O–H groups in total. The molecule has 15 heavy (non-hydrogen) atoms. The minimum absolute atomic E-state index is 0.634. The maximum atomic E-state index is 2.53. The molecule has 1 rings (SSSR count). The lowest BCUT2D eigenvalue weighted by Crippen LogP contribution is -2.41. The average molecular weight is 211 g/mol. The number of rotatable bonds is 5. The van der Waals surface area contributed by atoms with E-state index in [4.69, 9.17) is 0 Å². The van der Waals surface area contributed by atoms with Crippen LogP contribution < -0.4 is 0 Å². The second-order valence-corrected chi connectivity index (χ2v) is 4.93. The normalized spacial score (nSPS) is 16.5. The van der Waals surface area contributed by atoms with E-state index in [0.717, 1.165) is 19.8 Å². The topological polar surface area (TPSA) is 9.72 Å². The highest BCUT2D eigenvalue weighted by Crippen LogP contribution is 2.07. The van der Waals surface area contributed by atoms with E-state index < -0.39 is 0 Å². The van der Waals surface area contributed by atoms with Crippen LogP contribution in [0.2, 0.25) is 0 Å². The molecule has 0 aromatic carbocycles. The Kier molecular flexibility index (Phi) is 4.45. The van der Waals surface area contributed by atoms with E-state index >= 15 is 0 Å². The molecule has 1 aliphatic heterocycles. The van der Waals surface area contributed by atoms with Crippen LogP contribution in [0.5, 0.6) is 0 Å². The van der Waals surface area contributed by atoms with Crippen LogP contribution >= 0.6 is 0 Å². The second kappa shape index (κ2) is 5.40. The van der Waals surface area contributed by atoms with E-state index in [0.29, 0.717) is 12.1 Å². The van der Waals surface area contributed by atoms with Crippen LogP contribution in [0.25, 0.3) is 0 Å². The highest BCUT2D eigenvalue weighted by atomic mass is 15.3. The third-order valence-corrected chi connectivity index (χ3v) is 2.91. The molecule has 3 nitrogen and oxygen atoms in total. The summed E-state index contributed by atoms with van der Waals surface area (Å²) < 4.78 is 0. The fourth-order valence-corrected chi connectivity index (χ4v) is 2.09. The van der Waals surface area contributed by atoms with Crippen LogP contribution in [0, 0.1) is 0 Å². The van der Waals surface area contributed by atoms with Gasteiger partial charge in [-0.1, -0.05) is 0 Å². The van der Waals surface area contributed by atoms with Crippen molar-refractivity contribution >= 4 is 0 Å². The van der Waals surface area contributed by atoms with E-state index in [1.54, 1.807) is 0 Å². The molecule has 0 aliphatic carbocycles. The Bertz CT molecular complexity index is 203. The van der Waals surface area contributed by atoms with Crippen LogP contribution in [0.4, 0.5) is 0 Å². The zero-order chi connectivity index (χ0) is 11.4. The molecule has 0 atom stereocenters. The fourth-order valence-electron chi connectivity index (χ4n) is 2.09. The van der Waals surface area contributed by atoms with Crippen LogP contribution in [0.1, 0.15) is 27.7 Å². The van der Waals surface area contributed by atoms with Gasteiger partial charge < -0.3 is 9.80 Å². The second-order valence-electron chi connectivity index (χ2n) is 4.93. The van der Waals surface area contributed by atoms with Gasteiger partial charge in [0.1, 0.15) is 0 Å². The first-order chi connectivity index (χ1) is 7.00. The van der Waals surface area contributed by atoms with Gasteiger partial charge in [-0.25, -0.2) is 0 Å². The van der Waals surface area contributed by atoms with Crippen molar-refractivity contribution in [1.82, 2.24) is 14.7 Å². The monoisotopic (exact) mass is 211 g/mol. The Morgan fingerprint density at radius 1 is 1.13 bits per heavy atom. The first-order valence-corrected chi connectivity index (χ1v) is 5.89. The van der Waals surface area contributed by atoms with Gasteiger partial charge in [0.05, 0.1) is 6.67 Å². The Labute approximate surface area is 94.3 Å². The largest absolute Gasteiger partial charge is 0.362 e. The first-order valence-electron chi connectivity index (χ1n) is 5.89. The summed E-state index contributed by atoms with van der Waals surface area (Å²) in [7, 11) is 2.11. The van der Waals surface area contributed by atoms with Gasteiger partial charge >= 0.3 is 0 Å². The number of hydrogen-bond acceptors (Lipinski definition) is 3. The number of hydrogen-bond donors (Lipinski definition) is 0. The lowest BCUT2D eigenvalue weighted by Gasteiger charge is -2.32. The zero-order valence-electron chi connectivity index (χ0n) is 10.8. The Morgan fingerprint density at radius 3 is 2.13 bits per heavy atom. The van der Waals surface area contributed by atoms with E-state index in [1.165, 1.54) is 0 Å². The molecule has 0 aromatic heterocycles. The molecular weight excluding hydrogens is 186 g/mol. The Morgan fingerprint density at radius 2 is 1.73 bits per heavy atom. The maximum Gasteiger partial charge on any atom is 0.0891 e. The highest BCUT2D eigenvalue weighted by molar-refractivity contribution is 4.89. The zero-order valence-corrected chi connectivity index (χ0v) is 10.8. The summed E-state index contributed by atoms with van der Waals surface area (Å²) in [4.78, 5) is 7.10. The van der Waals surface area contributed by atoms with Gasteiger partial charge in [-0.15, -0.1) is 0 Å². The van der Waals surface area contributed by atoms with Gasteiger partial charge in [0, 0.05) is 44.6 Å². The highest BCUT2D eigenvalue weighted by Gasteiger charge is 2.15. The smallest absolute Gasteiger partial charge is 0.0891 e. The molecule has 3 heteroatoms. The minimum atomic E-state index is 0.634. The molecule has 88 valence electrons. The molecule has 0 saturated heterocycles. The summed E-state index contributed by atoms with van der Waals surface area (Å²) in [6.07, 6.45) is 4.31. The first kappa shape index (κ1) is 12.4. The van der Waals surface area contributed by atoms with Gasteiger partial charge in [0.25, 0.3) is 0 Å². The van der Waals surface area contributed by atoms with Crippen molar-refractivity contribution in [3.63, 3.8) is 0 Å². The lowest BCUT2D eigenvalue weighted by atomic mass is 10.2. The summed E-state index contributed by atoms with van der Waals surface area (Å²) in [5.74, 6) is 0. The van der Waals surface area contributed by atoms with E-state index in [1.807, 2.05) is 0 Å². The molecule has 0 fully saturated rings. The summed E-state index contributed by atoms with van der Waals surface area (Å²) in [5, 5.41) is 0. The molecule has 1 aliphatic rings. The maximum absolute atomic E-state index is 2.53. The van der Waals surface area contributed by atoms with Crippen molar-refractivity contribution in [2.45, 2.75) is 39.8 Å². The predicted molar refractivity (Wildman–Crippen MR) is 65.5 cm³/mol. The molecule has 0 unspecified atom stereocenters. The van der Waals surface area contributed by atoms with Crippen molar-refractivity contribution in [3.8, 4) is 0 Å². The van der Waals surface area contributed by atoms with Crippen LogP contribution in [0.15, 0.2) is 12.4 Å². The van der Waals surface area contributed by atoms with Gasteiger partial charge in [-0.2, -0.15) is 0 Å². The molecule has 0 radical (unpaired) electrons. The van der Waals surface area contributed by atoms with E-state index in [-0.39, 0.29) is 0 Å². The molecule has 0 aromatic rings. The molecule has 0 saturated carbocycles. The molecule has 1 heterocycles. The van der Waals surface area contributed by atoms with Crippen LogP contribution in [-0.2, 0) is 0 Å². The quantitative estimate of drug-likeness (QED) is 0.686. The SMILES string of the molecule is CC(C)N(CCN1C=CN(C)C1)C(C)C. The van der Waals surface area contributed by atoms with Crippen molar-refractivity contribution < 1.29 is 0 Å². The third-order valence-electron chi connectivity index (χ3n) is 2.91. The van der Waals surface area contributed by atoms with E-state index in [2.05, 4.69) is 61.8 Å². The van der Waals surface area contributed by atoms with Crippen molar-refractivity contribution in [1.29, 1.82) is 0 Å². The number of nitrogens with zero attached hydrogens (tertiary/aromatic N) is 3. The standard InChI is InChI=1S/C12H25N3/c1-11(2)15(12(3)4)9-8-14-7-6-13(5)10-14/h6-7,11-12H,8-10H2,1-5H3. The summed E-state index contributed by atoms with van der Waals surface area (Å²) in [6.45, 7) is 12.4. The predicted octanol–water partition coefficient (Wildman–Crippen LogP) is 1.78. The molecule has 0 bridgehead atoms. The van der Waals surface area contributed by atoms with Gasteiger partial charge in [-0.3, -0.25) is 4.90 Å². The van der Waals surface area contributed by atoms with Crippen LogP contribution in [-0.4, -0.2) is 53.6 Å². The fraction of sp³-hybridized carbons (Fsp3) is 0.833. The molecular formula is C12H25N3. The average Bonchev–Trinajstić information content (AvgIpc) is 2.50. The van der Waals surface area contributed by atoms with Gasteiger partial charge in [0.15, 0.2) is 0 Å². The third kappa shape index (κ3) is 3.74. The van der Waals surface area contributed by atoms with Crippen LogP contribution in [0.3, 0.4) is 0 Å². The summed E-state index contributed by atoms with van der Waals surface area (Å²) in [5.41, 5.74) is 0. The van der Waals surface area contributed by atoms with Gasteiger partial charge in [0.2, 0.25) is 0 Å². The summed E-state index contributed by atoms with van der Waals surface area (Å²) in [6, 6.07) is 1.27. The van der Waals surface area contributed by atoms with Gasteiger partial charge in [-0.05, 0) is 27.7 Å².